The van der Waals surface area contributed by atoms with Gasteiger partial charge in [0.15, 0.2) is 0 Å². The second-order valence-electron chi connectivity index (χ2n) is 4.34. The molecule has 0 radical (unpaired) electrons. The molecule has 2 heteroatoms. The smallest absolute Gasteiger partial charge is 0.306 e. The number of carbonyl (C=O) groups is 1. The average molecular weight is 184 g/mol. The monoisotopic (exact) mass is 184 g/mol. The normalized spacial score (nSPS) is 21.1. The lowest BCUT2D eigenvalue weighted by molar-refractivity contribution is -0.142. The molecule has 0 aromatic carbocycles. The Morgan fingerprint density at radius 3 is 2.38 bits per heavy atom. The van der Waals surface area contributed by atoms with Gasteiger partial charge in [0.1, 0.15) is 0 Å². The topological polar surface area (TPSA) is 37.3 Å². The molecule has 1 fully saturated rings. The zero-order valence-corrected chi connectivity index (χ0v) is 8.68. The van der Waals surface area contributed by atoms with Crippen molar-refractivity contribution in [2.24, 2.45) is 11.3 Å². The zero-order valence-electron chi connectivity index (χ0n) is 8.68. The third-order valence-electron chi connectivity index (χ3n) is 3.57. The molecule has 1 aliphatic rings. The van der Waals surface area contributed by atoms with Gasteiger partial charge in [-0.05, 0) is 37.5 Å². The molecule has 1 aliphatic carbocycles. The van der Waals surface area contributed by atoms with E-state index in [1.54, 1.807) is 0 Å². The van der Waals surface area contributed by atoms with Crippen LogP contribution in [0.4, 0.5) is 0 Å². The van der Waals surface area contributed by atoms with E-state index in [-0.39, 0.29) is 5.92 Å². The minimum atomic E-state index is -0.616. The van der Waals surface area contributed by atoms with Crippen LogP contribution in [0.25, 0.3) is 0 Å². The fourth-order valence-electron chi connectivity index (χ4n) is 1.94. The summed E-state index contributed by atoms with van der Waals surface area (Å²) in [6, 6.07) is 0. The van der Waals surface area contributed by atoms with E-state index in [9.17, 15) is 4.79 Å². The molecule has 0 bridgehead atoms. The van der Waals surface area contributed by atoms with Crippen LogP contribution in [0, 0.1) is 11.3 Å². The lowest BCUT2D eigenvalue weighted by atomic mass is 9.90. The van der Waals surface area contributed by atoms with Gasteiger partial charge in [0, 0.05) is 0 Å². The van der Waals surface area contributed by atoms with E-state index in [1.807, 2.05) is 6.92 Å². The average Bonchev–Trinajstić information content (AvgIpc) is 2.86. The highest BCUT2D eigenvalue weighted by Crippen LogP contribution is 2.52. The summed E-state index contributed by atoms with van der Waals surface area (Å²) >= 11 is 0. The minimum absolute atomic E-state index is 0.107. The van der Waals surface area contributed by atoms with Crippen molar-refractivity contribution in [2.75, 3.05) is 0 Å². The van der Waals surface area contributed by atoms with E-state index in [1.165, 1.54) is 19.3 Å². The van der Waals surface area contributed by atoms with Crippen LogP contribution in [0.1, 0.15) is 52.4 Å². The van der Waals surface area contributed by atoms with Crippen molar-refractivity contribution in [1.82, 2.24) is 0 Å². The van der Waals surface area contributed by atoms with E-state index >= 15 is 0 Å². The summed E-state index contributed by atoms with van der Waals surface area (Å²) in [4.78, 5) is 10.8. The van der Waals surface area contributed by atoms with Gasteiger partial charge >= 0.3 is 5.97 Å². The lowest BCUT2D eigenvalue weighted by Crippen LogP contribution is -2.14. The largest absolute Gasteiger partial charge is 0.481 e. The minimum Gasteiger partial charge on any atom is -0.481 e. The molecule has 1 atom stereocenters. The zero-order chi connectivity index (χ0) is 9.90. The Morgan fingerprint density at radius 2 is 2.08 bits per heavy atom. The molecule has 13 heavy (non-hydrogen) atoms. The Bertz CT molecular complexity index is 183. The van der Waals surface area contributed by atoms with Crippen LogP contribution in [-0.4, -0.2) is 11.1 Å². The number of aliphatic carboxylic acids is 1. The third-order valence-corrected chi connectivity index (χ3v) is 3.57. The van der Waals surface area contributed by atoms with Crippen molar-refractivity contribution in [3.05, 3.63) is 0 Å². The van der Waals surface area contributed by atoms with Gasteiger partial charge in [0.05, 0.1) is 5.92 Å². The molecule has 0 aliphatic heterocycles. The molecule has 1 N–H and O–H groups in total. The van der Waals surface area contributed by atoms with Crippen molar-refractivity contribution >= 4 is 5.97 Å². The van der Waals surface area contributed by atoms with Crippen molar-refractivity contribution in [1.29, 1.82) is 0 Å². The van der Waals surface area contributed by atoms with Crippen LogP contribution < -0.4 is 0 Å². The number of rotatable bonds is 6. The summed E-state index contributed by atoms with van der Waals surface area (Å²) in [5, 5.41) is 8.86. The van der Waals surface area contributed by atoms with E-state index in [0.717, 1.165) is 19.3 Å². The molecule has 1 saturated carbocycles. The van der Waals surface area contributed by atoms with Crippen LogP contribution in [0.2, 0.25) is 0 Å². The summed E-state index contributed by atoms with van der Waals surface area (Å²) in [5.74, 6) is -0.724. The summed E-state index contributed by atoms with van der Waals surface area (Å²) in [7, 11) is 0. The van der Waals surface area contributed by atoms with E-state index < -0.39 is 5.97 Å². The highest BCUT2D eigenvalue weighted by Gasteiger charge is 2.40. The summed E-state index contributed by atoms with van der Waals surface area (Å²) in [5.41, 5.74) is 0.545. The van der Waals surface area contributed by atoms with Gasteiger partial charge in [-0.2, -0.15) is 0 Å². The van der Waals surface area contributed by atoms with Crippen molar-refractivity contribution in [2.45, 2.75) is 52.4 Å². The summed E-state index contributed by atoms with van der Waals surface area (Å²) < 4.78 is 0. The second kappa shape index (κ2) is 4.12. The first-order chi connectivity index (χ1) is 6.13. The fourth-order valence-corrected chi connectivity index (χ4v) is 1.94. The highest BCUT2D eigenvalue weighted by atomic mass is 16.4. The molecule has 1 rings (SSSR count). The van der Waals surface area contributed by atoms with Crippen LogP contribution in [0.5, 0.6) is 0 Å². The Morgan fingerprint density at radius 1 is 1.46 bits per heavy atom. The Balaban J connectivity index is 2.27. The molecule has 1 unspecified atom stereocenters. The molecular weight excluding hydrogens is 164 g/mol. The van der Waals surface area contributed by atoms with Crippen molar-refractivity contribution in [3.8, 4) is 0 Å². The Kier molecular flexibility index (Phi) is 3.34. The van der Waals surface area contributed by atoms with Crippen molar-refractivity contribution in [3.63, 3.8) is 0 Å². The van der Waals surface area contributed by atoms with Gasteiger partial charge in [0.2, 0.25) is 0 Å². The molecule has 0 spiro atoms. The Hall–Kier alpha value is -0.530. The Labute approximate surface area is 80.3 Å². The number of carboxylic acid groups (broad SMARTS) is 1. The predicted octanol–water partition coefficient (Wildman–Crippen LogP) is 3.07. The van der Waals surface area contributed by atoms with Crippen molar-refractivity contribution < 1.29 is 9.90 Å². The number of hydrogen-bond acceptors (Lipinski definition) is 1. The number of hydrogen-bond donors (Lipinski definition) is 1. The summed E-state index contributed by atoms with van der Waals surface area (Å²) in [6.07, 6.45) is 6.63. The molecule has 0 aromatic rings. The first-order valence-electron chi connectivity index (χ1n) is 5.36. The predicted molar refractivity (Wildman–Crippen MR) is 52.6 cm³/mol. The lowest BCUT2D eigenvalue weighted by Gasteiger charge is -2.15. The van der Waals surface area contributed by atoms with Gasteiger partial charge in [-0.25, -0.2) is 0 Å². The quantitative estimate of drug-likeness (QED) is 0.688. The highest BCUT2D eigenvalue weighted by molar-refractivity contribution is 5.69. The first-order valence-corrected chi connectivity index (χ1v) is 5.36. The molecule has 0 heterocycles. The third kappa shape index (κ3) is 2.71. The molecular formula is C11H20O2. The van der Waals surface area contributed by atoms with Crippen LogP contribution in [-0.2, 0) is 4.79 Å². The standard InChI is InChI=1S/C11H20O2/c1-3-9(10(12)13)5-6-11(4-2)7-8-11/h9H,3-8H2,1-2H3,(H,12,13). The van der Waals surface area contributed by atoms with Crippen LogP contribution in [0.3, 0.4) is 0 Å². The van der Waals surface area contributed by atoms with Gasteiger partial charge < -0.3 is 5.11 Å². The van der Waals surface area contributed by atoms with Crippen LogP contribution in [0.15, 0.2) is 0 Å². The molecule has 0 amide bonds. The molecule has 76 valence electrons. The first kappa shape index (κ1) is 10.6. The molecule has 0 aromatic heterocycles. The summed E-state index contributed by atoms with van der Waals surface area (Å²) in [6.45, 7) is 4.18. The SMILES string of the molecule is CCC(CCC1(CC)CC1)C(=O)O. The van der Waals surface area contributed by atoms with Gasteiger partial charge in [0.25, 0.3) is 0 Å². The fraction of sp³-hybridized carbons (Fsp3) is 0.909. The van der Waals surface area contributed by atoms with E-state index in [0.29, 0.717) is 5.41 Å². The van der Waals surface area contributed by atoms with Gasteiger partial charge in [-0.15, -0.1) is 0 Å². The molecule has 2 nitrogen and oxygen atoms in total. The maximum atomic E-state index is 10.8. The maximum absolute atomic E-state index is 10.8. The van der Waals surface area contributed by atoms with Gasteiger partial charge in [-0.1, -0.05) is 20.3 Å². The second-order valence-corrected chi connectivity index (χ2v) is 4.34. The van der Waals surface area contributed by atoms with E-state index in [2.05, 4.69) is 6.92 Å². The van der Waals surface area contributed by atoms with Gasteiger partial charge in [-0.3, -0.25) is 4.79 Å². The van der Waals surface area contributed by atoms with E-state index in [4.69, 9.17) is 5.11 Å². The van der Waals surface area contributed by atoms with Crippen LogP contribution >= 0.6 is 0 Å². The number of carboxylic acids is 1. The molecule has 0 saturated heterocycles. The maximum Gasteiger partial charge on any atom is 0.306 e.